The summed E-state index contributed by atoms with van der Waals surface area (Å²) in [5.41, 5.74) is 0.181. The molecule has 1 N–H and O–H groups in total. The smallest absolute Gasteiger partial charge is 0.329 e. The van der Waals surface area contributed by atoms with Gasteiger partial charge in [0.15, 0.2) is 0 Å². The van der Waals surface area contributed by atoms with Crippen LogP contribution in [0.15, 0.2) is 45.3 Å². The molecule has 0 unspecified atom stereocenters. The van der Waals surface area contributed by atoms with Crippen LogP contribution in [0.25, 0.3) is 10.2 Å². The Morgan fingerprint density at radius 2 is 2.00 bits per heavy atom. The maximum atomic E-state index is 13.3. The monoisotopic (exact) mass is 445 g/mol. The van der Waals surface area contributed by atoms with Crippen molar-refractivity contribution in [3.05, 3.63) is 67.9 Å². The van der Waals surface area contributed by atoms with Crippen LogP contribution in [0.3, 0.4) is 0 Å². The summed E-state index contributed by atoms with van der Waals surface area (Å²) in [5, 5.41) is 2.28. The number of ether oxygens (including phenoxy) is 1. The van der Waals surface area contributed by atoms with Gasteiger partial charge >= 0.3 is 11.7 Å². The van der Waals surface area contributed by atoms with Crippen molar-refractivity contribution in [1.82, 2.24) is 14.5 Å². The van der Waals surface area contributed by atoms with Crippen molar-refractivity contribution in [2.45, 2.75) is 25.8 Å². The van der Waals surface area contributed by atoms with Gasteiger partial charge in [-0.1, -0.05) is 12.1 Å². The third-order valence-electron chi connectivity index (χ3n) is 5.83. The standard InChI is InChI=1S/C22H24FN3O4S/c1-2-30-21(28)18-13-25(9-7-16(18)14-3-5-15(23)6-4-14)10-11-26-20(27)17-8-12-31-19(17)24-22(26)29/h3-6,8,12,16,18H,2,7,9-11,13H2,1H3,(H,24,29)/t16-,18-/m1/s1. The second-order valence-electron chi connectivity index (χ2n) is 7.66. The van der Waals surface area contributed by atoms with Gasteiger partial charge in [0.2, 0.25) is 0 Å². The number of hydrogen-bond acceptors (Lipinski definition) is 6. The van der Waals surface area contributed by atoms with E-state index in [2.05, 4.69) is 9.88 Å². The average Bonchev–Trinajstić information content (AvgIpc) is 3.23. The Bertz CT molecular complexity index is 1180. The van der Waals surface area contributed by atoms with Gasteiger partial charge in [-0.05, 0) is 54.9 Å². The summed E-state index contributed by atoms with van der Waals surface area (Å²) in [4.78, 5) is 43.0. The number of aromatic nitrogens is 2. The number of thiophene rings is 1. The molecule has 0 aliphatic carbocycles. The second-order valence-corrected chi connectivity index (χ2v) is 8.57. The molecule has 1 saturated heterocycles. The van der Waals surface area contributed by atoms with Crippen molar-refractivity contribution in [1.29, 1.82) is 0 Å². The first-order valence-electron chi connectivity index (χ1n) is 10.3. The van der Waals surface area contributed by atoms with Gasteiger partial charge in [0.05, 0.1) is 17.9 Å². The predicted octanol–water partition coefficient (Wildman–Crippen LogP) is 2.56. The van der Waals surface area contributed by atoms with Gasteiger partial charge in [0.1, 0.15) is 10.6 Å². The molecule has 31 heavy (non-hydrogen) atoms. The summed E-state index contributed by atoms with van der Waals surface area (Å²) < 4.78 is 19.8. The number of likely N-dealkylation sites (tertiary alicyclic amines) is 1. The Labute approximate surface area is 182 Å². The van der Waals surface area contributed by atoms with Crippen molar-refractivity contribution >= 4 is 27.5 Å². The third kappa shape index (κ3) is 4.47. The van der Waals surface area contributed by atoms with Gasteiger partial charge in [-0.15, -0.1) is 11.3 Å². The molecule has 7 nitrogen and oxygen atoms in total. The van der Waals surface area contributed by atoms with Crippen molar-refractivity contribution in [3.63, 3.8) is 0 Å². The highest BCUT2D eigenvalue weighted by molar-refractivity contribution is 7.16. The highest BCUT2D eigenvalue weighted by Gasteiger charge is 2.36. The fraction of sp³-hybridized carbons (Fsp3) is 0.409. The van der Waals surface area contributed by atoms with Gasteiger partial charge in [0.25, 0.3) is 5.56 Å². The van der Waals surface area contributed by atoms with Gasteiger partial charge in [-0.3, -0.25) is 19.1 Å². The molecular weight excluding hydrogens is 421 g/mol. The SMILES string of the molecule is CCOC(=O)[C@@H]1CN(CCn2c(=O)[nH]c3sccc3c2=O)CC[C@@H]1c1ccc(F)cc1. The Balaban J connectivity index is 1.51. The first kappa shape index (κ1) is 21.5. The highest BCUT2D eigenvalue weighted by Crippen LogP contribution is 2.34. The van der Waals surface area contributed by atoms with Crippen LogP contribution >= 0.6 is 11.3 Å². The summed E-state index contributed by atoms with van der Waals surface area (Å²) in [6, 6.07) is 7.96. The van der Waals surface area contributed by atoms with Gasteiger partial charge in [-0.25, -0.2) is 9.18 Å². The molecule has 0 saturated carbocycles. The normalized spacial score (nSPS) is 19.5. The summed E-state index contributed by atoms with van der Waals surface area (Å²) in [5.74, 6) is -1.05. The van der Waals surface area contributed by atoms with E-state index in [1.807, 2.05) is 0 Å². The molecule has 1 aromatic carbocycles. The summed E-state index contributed by atoms with van der Waals surface area (Å²) in [6.07, 6.45) is 0.698. The molecule has 9 heteroatoms. The Hall–Kier alpha value is -2.78. The van der Waals surface area contributed by atoms with Crippen LogP contribution in [0.2, 0.25) is 0 Å². The molecule has 3 aromatic rings. The predicted molar refractivity (Wildman–Crippen MR) is 117 cm³/mol. The number of halogens is 1. The maximum absolute atomic E-state index is 13.3. The largest absolute Gasteiger partial charge is 0.466 e. The molecule has 2 atom stereocenters. The van der Waals surface area contributed by atoms with E-state index in [9.17, 15) is 18.8 Å². The molecule has 3 heterocycles. The van der Waals surface area contributed by atoms with Crippen molar-refractivity contribution in [2.24, 2.45) is 5.92 Å². The van der Waals surface area contributed by atoms with Crippen molar-refractivity contribution in [3.8, 4) is 0 Å². The number of nitrogens with zero attached hydrogens (tertiary/aromatic N) is 2. The maximum Gasteiger partial charge on any atom is 0.329 e. The van der Waals surface area contributed by atoms with Gasteiger partial charge in [0, 0.05) is 19.6 Å². The minimum atomic E-state index is -0.428. The van der Waals surface area contributed by atoms with E-state index in [0.717, 1.165) is 5.56 Å². The lowest BCUT2D eigenvalue weighted by Crippen LogP contribution is -2.46. The number of aromatic amines is 1. The fourth-order valence-electron chi connectivity index (χ4n) is 4.24. The minimum Gasteiger partial charge on any atom is -0.466 e. The van der Waals surface area contributed by atoms with Crippen LogP contribution in [-0.4, -0.2) is 46.7 Å². The molecule has 0 bridgehead atoms. The fourth-order valence-corrected chi connectivity index (χ4v) is 5.01. The summed E-state index contributed by atoms with van der Waals surface area (Å²) in [6.45, 7) is 3.91. The Kier molecular flexibility index (Phi) is 6.33. The lowest BCUT2D eigenvalue weighted by molar-refractivity contribution is -0.150. The number of nitrogens with one attached hydrogen (secondary N) is 1. The summed E-state index contributed by atoms with van der Waals surface area (Å²) >= 11 is 1.32. The number of fused-ring (bicyclic) bond motifs is 1. The van der Waals surface area contributed by atoms with Gasteiger partial charge < -0.3 is 9.64 Å². The minimum absolute atomic E-state index is 0.0656. The van der Waals surface area contributed by atoms with Crippen LogP contribution in [0.1, 0.15) is 24.8 Å². The number of piperidine rings is 1. The number of rotatable bonds is 6. The Morgan fingerprint density at radius 1 is 1.23 bits per heavy atom. The van der Waals surface area contributed by atoms with Crippen LogP contribution in [0, 0.1) is 11.7 Å². The number of carbonyl (C=O) groups excluding carboxylic acids is 1. The topological polar surface area (TPSA) is 84.4 Å². The lowest BCUT2D eigenvalue weighted by atomic mass is 9.80. The molecule has 1 aliphatic heterocycles. The molecule has 1 aliphatic rings. The Morgan fingerprint density at radius 3 is 2.74 bits per heavy atom. The van der Waals surface area contributed by atoms with Crippen LogP contribution < -0.4 is 11.2 Å². The van der Waals surface area contributed by atoms with Crippen LogP contribution in [0.5, 0.6) is 0 Å². The van der Waals surface area contributed by atoms with Gasteiger partial charge in [-0.2, -0.15) is 0 Å². The van der Waals surface area contributed by atoms with E-state index in [4.69, 9.17) is 4.74 Å². The van der Waals surface area contributed by atoms with E-state index in [1.165, 1.54) is 28.0 Å². The molecule has 164 valence electrons. The quantitative estimate of drug-likeness (QED) is 0.590. The molecular formula is C22H24FN3O4S. The van der Waals surface area contributed by atoms with Crippen molar-refractivity contribution in [2.75, 3.05) is 26.2 Å². The molecule has 0 spiro atoms. The molecule has 4 rings (SSSR count). The second kappa shape index (κ2) is 9.15. The van der Waals surface area contributed by atoms with E-state index in [1.54, 1.807) is 30.5 Å². The van der Waals surface area contributed by atoms with Crippen molar-refractivity contribution < 1.29 is 13.9 Å². The van der Waals surface area contributed by atoms with E-state index in [0.29, 0.717) is 36.3 Å². The number of benzene rings is 1. The number of H-pyrrole nitrogens is 1. The molecule has 0 amide bonds. The zero-order valence-electron chi connectivity index (χ0n) is 17.2. The number of hydrogen-bond donors (Lipinski definition) is 1. The zero-order chi connectivity index (χ0) is 22.0. The first-order chi connectivity index (χ1) is 15.0. The molecule has 2 aromatic heterocycles. The van der Waals surface area contributed by atoms with Crippen LogP contribution in [-0.2, 0) is 16.1 Å². The van der Waals surface area contributed by atoms with E-state index in [-0.39, 0.29) is 36.4 Å². The first-order valence-corrected chi connectivity index (χ1v) is 11.2. The zero-order valence-corrected chi connectivity index (χ0v) is 18.0. The number of carbonyl (C=O) groups is 1. The van der Waals surface area contributed by atoms with Crippen LogP contribution in [0.4, 0.5) is 4.39 Å². The summed E-state index contributed by atoms with van der Waals surface area (Å²) in [7, 11) is 0. The molecule has 0 radical (unpaired) electrons. The average molecular weight is 446 g/mol. The van der Waals surface area contributed by atoms with E-state index >= 15 is 0 Å². The third-order valence-corrected chi connectivity index (χ3v) is 6.66. The number of esters is 1. The molecule has 1 fully saturated rings. The highest BCUT2D eigenvalue weighted by atomic mass is 32.1. The lowest BCUT2D eigenvalue weighted by Gasteiger charge is -2.37. The van der Waals surface area contributed by atoms with E-state index < -0.39 is 11.6 Å².